The van der Waals surface area contributed by atoms with Crippen LogP contribution in [0.15, 0.2) is 57.7 Å². The van der Waals surface area contributed by atoms with Gasteiger partial charge in [0, 0.05) is 16.9 Å². The Labute approximate surface area is 205 Å². The van der Waals surface area contributed by atoms with Gasteiger partial charge < -0.3 is 14.5 Å². The topological polar surface area (TPSA) is 101 Å². The summed E-state index contributed by atoms with van der Waals surface area (Å²) >= 11 is 0. The molecule has 2 unspecified atom stereocenters. The molecule has 2 atom stereocenters. The minimum absolute atomic E-state index is 0.191. The summed E-state index contributed by atoms with van der Waals surface area (Å²) in [6, 6.07) is 15.3. The van der Waals surface area contributed by atoms with Gasteiger partial charge in [-0.1, -0.05) is 23.8 Å². The Morgan fingerprint density at radius 1 is 1.23 bits per heavy atom. The maximum Gasteiger partial charge on any atom is 0.339 e. The van der Waals surface area contributed by atoms with Gasteiger partial charge in [0.25, 0.3) is 0 Å². The van der Waals surface area contributed by atoms with Crippen molar-refractivity contribution in [2.24, 2.45) is 11.8 Å². The first-order valence-electron chi connectivity index (χ1n) is 12.4. The molecule has 0 bridgehead atoms. The Balaban J connectivity index is 1.32. The summed E-state index contributed by atoms with van der Waals surface area (Å²) in [6.07, 6.45) is 4.80. The summed E-state index contributed by atoms with van der Waals surface area (Å²) < 4.78 is 11.3. The molecule has 0 radical (unpaired) electrons. The number of aryl methyl sites for hydroxylation is 2. The van der Waals surface area contributed by atoms with Crippen molar-refractivity contribution in [2.45, 2.75) is 45.4 Å². The van der Waals surface area contributed by atoms with Crippen LogP contribution in [0.2, 0.25) is 0 Å². The van der Waals surface area contributed by atoms with Crippen molar-refractivity contribution in [1.82, 2.24) is 10.8 Å². The van der Waals surface area contributed by atoms with Crippen molar-refractivity contribution in [3.8, 4) is 5.75 Å². The molecular weight excluding hydrogens is 444 g/mol. The molecule has 0 saturated carbocycles. The molecule has 3 N–H and O–H groups in total. The number of ether oxygens (including phenoxy) is 1. The number of benzene rings is 2. The second-order valence-electron chi connectivity index (χ2n) is 9.51. The number of hydrogen-bond donors (Lipinski definition) is 3. The molecule has 1 amide bonds. The molecule has 186 valence electrons. The largest absolute Gasteiger partial charge is 0.494 e. The second kappa shape index (κ2) is 12.0. The second-order valence-corrected chi connectivity index (χ2v) is 9.51. The third-order valence-corrected chi connectivity index (χ3v) is 6.80. The van der Waals surface area contributed by atoms with Crippen LogP contribution in [0.5, 0.6) is 5.75 Å². The summed E-state index contributed by atoms with van der Waals surface area (Å²) in [5, 5.41) is 13.5. The van der Waals surface area contributed by atoms with E-state index >= 15 is 0 Å². The van der Waals surface area contributed by atoms with Gasteiger partial charge >= 0.3 is 5.63 Å². The number of carbonyl (C=O) groups excluding carboxylic acids is 1. The molecule has 4 rings (SSSR count). The van der Waals surface area contributed by atoms with Gasteiger partial charge in [-0.2, -0.15) is 0 Å². The van der Waals surface area contributed by atoms with Crippen LogP contribution in [0.3, 0.4) is 0 Å². The molecule has 1 fully saturated rings. The SMILES string of the molecule is Cc1ccc2oc(=O)c(CC(CCc3ccc(OCCCC4CCNC4)cc3)C(=O)NO)cc2c1. The van der Waals surface area contributed by atoms with Crippen LogP contribution in [0.25, 0.3) is 11.0 Å². The summed E-state index contributed by atoms with van der Waals surface area (Å²) in [4.78, 5) is 24.8. The molecule has 2 aromatic carbocycles. The molecule has 7 nitrogen and oxygen atoms in total. The zero-order valence-corrected chi connectivity index (χ0v) is 20.2. The zero-order valence-electron chi connectivity index (χ0n) is 20.2. The average Bonchev–Trinajstić information content (AvgIpc) is 3.39. The van der Waals surface area contributed by atoms with Crippen LogP contribution in [0.4, 0.5) is 0 Å². The maximum atomic E-state index is 12.5. The average molecular weight is 479 g/mol. The van der Waals surface area contributed by atoms with Gasteiger partial charge in [-0.05, 0) is 100 Å². The van der Waals surface area contributed by atoms with Crippen molar-refractivity contribution in [1.29, 1.82) is 0 Å². The minimum atomic E-state index is -0.564. The van der Waals surface area contributed by atoms with Crippen molar-refractivity contribution >= 4 is 16.9 Å². The van der Waals surface area contributed by atoms with Gasteiger partial charge in [0.05, 0.1) is 6.61 Å². The van der Waals surface area contributed by atoms with E-state index in [1.165, 1.54) is 12.8 Å². The fourth-order valence-corrected chi connectivity index (χ4v) is 4.73. The van der Waals surface area contributed by atoms with E-state index in [0.717, 1.165) is 47.7 Å². The third-order valence-electron chi connectivity index (χ3n) is 6.80. The van der Waals surface area contributed by atoms with Crippen LogP contribution >= 0.6 is 0 Å². The first kappa shape index (κ1) is 24.9. The highest BCUT2D eigenvalue weighted by molar-refractivity contribution is 5.79. The van der Waals surface area contributed by atoms with E-state index in [0.29, 0.717) is 30.6 Å². The zero-order chi connectivity index (χ0) is 24.6. The van der Waals surface area contributed by atoms with Crippen molar-refractivity contribution < 1.29 is 19.2 Å². The molecule has 1 saturated heterocycles. The molecule has 1 aliphatic heterocycles. The Bertz CT molecular complexity index is 1180. The number of fused-ring (bicyclic) bond motifs is 1. The number of nitrogens with one attached hydrogen (secondary N) is 2. The Morgan fingerprint density at radius 2 is 2.06 bits per heavy atom. The van der Waals surface area contributed by atoms with E-state index in [1.54, 1.807) is 17.6 Å². The maximum absolute atomic E-state index is 12.5. The molecule has 0 spiro atoms. The number of rotatable bonds is 11. The summed E-state index contributed by atoms with van der Waals surface area (Å²) in [5.41, 5.74) is 4.36. The highest BCUT2D eigenvalue weighted by Crippen LogP contribution is 2.21. The van der Waals surface area contributed by atoms with Crippen molar-refractivity contribution in [3.63, 3.8) is 0 Å². The molecule has 2 heterocycles. The van der Waals surface area contributed by atoms with E-state index in [4.69, 9.17) is 9.15 Å². The predicted octanol–water partition coefficient (Wildman–Crippen LogP) is 4.17. The number of amides is 1. The molecular formula is C28H34N2O5. The lowest BCUT2D eigenvalue weighted by Gasteiger charge is -2.15. The van der Waals surface area contributed by atoms with Gasteiger partial charge in [0.15, 0.2) is 0 Å². The number of hydrogen-bond acceptors (Lipinski definition) is 6. The Morgan fingerprint density at radius 3 is 2.80 bits per heavy atom. The summed E-state index contributed by atoms with van der Waals surface area (Å²) in [5.74, 6) is 0.541. The van der Waals surface area contributed by atoms with Gasteiger partial charge in [-0.3, -0.25) is 10.0 Å². The van der Waals surface area contributed by atoms with Crippen LogP contribution < -0.4 is 21.2 Å². The first-order valence-corrected chi connectivity index (χ1v) is 12.4. The monoisotopic (exact) mass is 478 g/mol. The van der Waals surface area contributed by atoms with Crippen LogP contribution in [0.1, 0.15) is 42.4 Å². The lowest BCUT2D eigenvalue weighted by Crippen LogP contribution is -2.31. The smallest absolute Gasteiger partial charge is 0.339 e. The quantitative estimate of drug-likeness (QED) is 0.166. The highest BCUT2D eigenvalue weighted by atomic mass is 16.5. The molecule has 3 aromatic rings. The van der Waals surface area contributed by atoms with Crippen LogP contribution in [0, 0.1) is 18.8 Å². The van der Waals surface area contributed by atoms with E-state index in [9.17, 15) is 14.8 Å². The highest BCUT2D eigenvalue weighted by Gasteiger charge is 2.21. The standard InChI is InChI=1S/C28H34N2O5/c1-19-4-11-26-23(15-19)17-24(28(32)35-26)16-22(27(31)30-33)8-5-20-6-9-25(10-7-20)34-14-2-3-21-12-13-29-18-21/h4,6-7,9-11,15,17,21-22,29,33H,2-3,5,8,12-14,16,18H2,1H3,(H,30,31). The normalized spacial score (nSPS) is 16.3. The van der Waals surface area contributed by atoms with Crippen LogP contribution in [-0.2, 0) is 17.6 Å². The van der Waals surface area contributed by atoms with Crippen LogP contribution in [-0.4, -0.2) is 30.8 Å². The van der Waals surface area contributed by atoms with Gasteiger partial charge in [-0.15, -0.1) is 0 Å². The van der Waals surface area contributed by atoms with Crippen molar-refractivity contribution in [2.75, 3.05) is 19.7 Å². The third kappa shape index (κ3) is 6.93. The molecule has 35 heavy (non-hydrogen) atoms. The van der Waals surface area contributed by atoms with E-state index in [-0.39, 0.29) is 6.42 Å². The Hall–Kier alpha value is -3.16. The van der Waals surface area contributed by atoms with E-state index in [2.05, 4.69) is 5.32 Å². The molecule has 1 aromatic heterocycles. The Kier molecular flexibility index (Phi) is 8.55. The lowest BCUT2D eigenvalue weighted by atomic mass is 9.92. The van der Waals surface area contributed by atoms with Gasteiger partial charge in [-0.25, -0.2) is 10.3 Å². The lowest BCUT2D eigenvalue weighted by molar-refractivity contribution is -0.133. The first-order chi connectivity index (χ1) is 17.0. The number of carbonyl (C=O) groups is 1. The fraction of sp³-hybridized carbons (Fsp3) is 0.429. The molecule has 7 heteroatoms. The predicted molar refractivity (Wildman–Crippen MR) is 135 cm³/mol. The van der Waals surface area contributed by atoms with E-state index in [1.807, 2.05) is 43.3 Å². The van der Waals surface area contributed by atoms with Crippen molar-refractivity contribution in [3.05, 3.63) is 75.6 Å². The van der Waals surface area contributed by atoms with E-state index < -0.39 is 17.5 Å². The van der Waals surface area contributed by atoms with Gasteiger partial charge in [0.2, 0.25) is 5.91 Å². The summed E-state index contributed by atoms with van der Waals surface area (Å²) in [7, 11) is 0. The molecule has 0 aliphatic carbocycles. The molecule has 1 aliphatic rings. The summed E-state index contributed by atoms with van der Waals surface area (Å²) in [6.45, 7) is 4.93. The number of hydroxylamine groups is 1. The fourth-order valence-electron chi connectivity index (χ4n) is 4.73. The van der Waals surface area contributed by atoms with Gasteiger partial charge in [0.1, 0.15) is 11.3 Å². The minimum Gasteiger partial charge on any atom is -0.494 e.